The summed E-state index contributed by atoms with van der Waals surface area (Å²) in [7, 11) is 0. The van der Waals surface area contributed by atoms with Crippen LogP contribution in [0.3, 0.4) is 0 Å². The number of benzene rings is 1. The van der Waals surface area contributed by atoms with Crippen molar-refractivity contribution in [3.05, 3.63) is 45.3 Å². The molecule has 1 aromatic carbocycles. The molecule has 0 saturated heterocycles. The number of halogens is 1. The number of nitrogens with one attached hydrogen (secondary N) is 1. The van der Waals surface area contributed by atoms with E-state index in [1.807, 2.05) is 12.1 Å². The van der Waals surface area contributed by atoms with Crippen molar-refractivity contribution in [2.75, 3.05) is 13.1 Å². The first-order chi connectivity index (χ1) is 10.1. The smallest absolute Gasteiger partial charge is 0.242 e. The fraction of sp³-hybridized carbons (Fsp3) is 0.500. The maximum atomic E-state index is 12.2. The molecule has 0 radical (unpaired) electrons. The Kier molecular flexibility index (Phi) is 5.07. The van der Waals surface area contributed by atoms with Crippen molar-refractivity contribution in [3.8, 4) is 0 Å². The summed E-state index contributed by atoms with van der Waals surface area (Å²) in [6.45, 7) is 0.949. The summed E-state index contributed by atoms with van der Waals surface area (Å²) in [6.07, 6.45) is 2.59. The van der Waals surface area contributed by atoms with Gasteiger partial charge in [0.1, 0.15) is 5.54 Å². The minimum atomic E-state index is -0.860. The van der Waals surface area contributed by atoms with E-state index in [0.717, 1.165) is 18.4 Å². The van der Waals surface area contributed by atoms with Crippen LogP contribution in [0.4, 0.5) is 0 Å². The van der Waals surface area contributed by atoms with E-state index in [2.05, 4.69) is 15.3 Å². The molecule has 1 atom stereocenters. The molecule has 0 heterocycles. The molecule has 1 fully saturated rings. The Labute approximate surface area is 128 Å². The lowest BCUT2D eigenvalue weighted by molar-refractivity contribution is -0.125. The van der Waals surface area contributed by atoms with Crippen molar-refractivity contribution >= 4 is 17.5 Å². The monoisotopic (exact) mass is 307 g/mol. The van der Waals surface area contributed by atoms with E-state index in [-0.39, 0.29) is 11.8 Å². The van der Waals surface area contributed by atoms with Gasteiger partial charge < -0.3 is 5.73 Å². The van der Waals surface area contributed by atoms with Gasteiger partial charge in [-0.05, 0) is 55.0 Å². The fourth-order valence-corrected chi connectivity index (χ4v) is 2.75. The summed E-state index contributed by atoms with van der Waals surface area (Å²) in [5.41, 5.74) is 14.0. The molecule has 0 aromatic heterocycles. The van der Waals surface area contributed by atoms with Crippen molar-refractivity contribution in [2.45, 2.75) is 24.8 Å². The topological polar surface area (TPSA) is 104 Å². The highest BCUT2D eigenvalue weighted by Crippen LogP contribution is 2.45. The Morgan fingerprint density at radius 2 is 2.14 bits per heavy atom. The summed E-state index contributed by atoms with van der Waals surface area (Å²) in [4.78, 5) is 14.9. The molecule has 1 aliphatic carbocycles. The van der Waals surface area contributed by atoms with Gasteiger partial charge in [-0.2, -0.15) is 0 Å². The molecule has 112 valence electrons. The van der Waals surface area contributed by atoms with E-state index in [4.69, 9.17) is 22.9 Å². The summed E-state index contributed by atoms with van der Waals surface area (Å²) >= 11 is 5.92. The number of rotatable bonds is 8. The second-order valence-corrected chi connectivity index (χ2v) is 5.62. The second-order valence-electron chi connectivity index (χ2n) is 5.19. The van der Waals surface area contributed by atoms with Crippen LogP contribution in [0.2, 0.25) is 5.02 Å². The Hall–Kier alpha value is -1.75. The second kappa shape index (κ2) is 6.80. The first-order valence-corrected chi connectivity index (χ1v) is 7.31. The van der Waals surface area contributed by atoms with E-state index < -0.39 is 5.54 Å². The first kappa shape index (κ1) is 15.6. The van der Waals surface area contributed by atoms with Gasteiger partial charge in [0.25, 0.3) is 0 Å². The SMILES string of the molecule is [N-]=[N+]=NCCCNC(C(N)=O)(c1ccc(Cl)cc1)C1CC1. The maximum Gasteiger partial charge on any atom is 0.242 e. The maximum absolute atomic E-state index is 12.2. The summed E-state index contributed by atoms with van der Waals surface area (Å²) in [5, 5.41) is 7.40. The third-order valence-electron chi connectivity index (χ3n) is 3.78. The van der Waals surface area contributed by atoms with Crippen molar-refractivity contribution in [1.29, 1.82) is 0 Å². The number of amides is 1. The third-order valence-corrected chi connectivity index (χ3v) is 4.03. The van der Waals surface area contributed by atoms with Gasteiger partial charge in [-0.1, -0.05) is 28.8 Å². The Morgan fingerprint density at radius 3 is 2.67 bits per heavy atom. The van der Waals surface area contributed by atoms with Crippen LogP contribution in [-0.4, -0.2) is 19.0 Å². The molecular formula is C14H18ClN5O. The van der Waals surface area contributed by atoms with E-state index in [0.29, 0.717) is 24.5 Å². The summed E-state index contributed by atoms with van der Waals surface area (Å²) in [5.74, 6) is -0.174. The zero-order chi connectivity index (χ0) is 15.3. The van der Waals surface area contributed by atoms with Crippen LogP contribution in [0, 0.1) is 5.92 Å². The van der Waals surface area contributed by atoms with E-state index in [1.54, 1.807) is 12.1 Å². The molecule has 2 rings (SSSR count). The van der Waals surface area contributed by atoms with Crippen LogP contribution in [0.5, 0.6) is 0 Å². The minimum Gasteiger partial charge on any atom is -0.368 e. The van der Waals surface area contributed by atoms with Crippen LogP contribution in [0.1, 0.15) is 24.8 Å². The lowest BCUT2D eigenvalue weighted by Gasteiger charge is -2.33. The molecule has 1 aromatic rings. The predicted octanol–water partition coefficient (Wildman–Crippen LogP) is 2.72. The molecule has 6 nitrogen and oxygen atoms in total. The molecule has 21 heavy (non-hydrogen) atoms. The van der Waals surface area contributed by atoms with Gasteiger partial charge in [0, 0.05) is 16.5 Å². The van der Waals surface area contributed by atoms with Crippen LogP contribution < -0.4 is 11.1 Å². The predicted molar refractivity (Wildman–Crippen MR) is 81.7 cm³/mol. The number of hydrogen-bond acceptors (Lipinski definition) is 3. The first-order valence-electron chi connectivity index (χ1n) is 6.93. The Bertz CT molecular complexity index is 551. The molecule has 1 amide bonds. The van der Waals surface area contributed by atoms with Gasteiger partial charge in [-0.3, -0.25) is 10.1 Å². The van der Waals surface area contributed by atoms with Gasteiger partial charge >= 0.3 is 0 Å². The van der Waals surface area contributed by atoms with Gasteiger partial charge in [0.2, 0.25) is 5.91 Å². The number of hydrogen-bond donors (Lipinski definition) is 2. The highest BCUT2D eigenvalue weighted by Gasteiger charge is 2.50. The molecule has 1 aliphatic rings. The highest BCUT2D eigenvalue weighted by molar-refractivity contribution is 6.30. The normalized spacial score (nSPS) is 16.8. The Balaban J connectivity index is 2.19. The zero-order valence-electron chi connectivity index (χ0n) is 11.6. The van der Waals surface area contributed by atoms with Gasteiger partial charge in [-0.15, -0.1) is 0 Å². The Morgan fingerprint density at radius 1 is 1.48 bits per heavy atom. The van der Waals surface area contributed by atoms with Crippen molar-refractivity contribution in [3.63, 3.8) is 0 Å². The van der Waals surface area contributed by atoms with E-state index in [9.17, 15) is 4.79 Å². The minimum absolute atomic E-state index is 0.204. The molecule has 1 saturated carbocycles. The standard InChI is InChI=1S/C14H18ClN5O/c15-12-6-4-11(5-7-12)14(13(16)21,10-2-3-10)18-8-1-9-19-20-17/h4-7,10,18H,1-3,8-9H2,(H2,16,21). The average molecular weight is 308 g/mol. The summed E-state index contributed by atoms with van der Waals surface area (Å²) in [6, 6.07) is 7.20. The number of carbonyl (C=O) groups excluding carboxylic acids is 1. The zero-order valence-corrected chi connectivity index (χ0v) is 12.4. The molecule has 0 aliphatic heterocycles. The quantitative estimate of drug-likeness (QED) is 0.333. The van der Waals surface area contributed by atoms with Crippen LogP contribution in [0.25, 0.3) is 10.4 Å². The summed E-state index contributed by atoms with van der Waals surface area (Å²) < 4.78 is 0. The number of azide groups is 1. The number of nitrogens with zero attached hydrogens (tertiary/aromatic N) is 3. The molecular weight excluding hydrogens is 290 g/mol. The average Bonchev–Trinajstić information content (AvgIpc) is 3.29. The fourth-order valence-electron chi connectivity index (χ4n) is 2.62. The number of nitrogens with two attached hydrogens (primary N) is 1. The lowest BCUT2D eigenvalue weighted by Crippen LogP contribution is -2.54. The van der Waals surface area contributed by atoms with Gasteiger partial charge in [0.15, 0.2) is 0 Å². The van der Waals surface area contributed by atoms with E-state index in [1.165, 1.54) is 0 Å². The van der Waals surface area contributed by atoms with Crippen molar-refractivity contribution in [1.82, 2.24) is 5.32 Å². The lowest BCUT2D eigenvalue weighted by atomic mass is 9.84. The number of primary amides is 1. The van der Waals surface area contributed by atoms with Crippen LogP contribution in [0.15, 0.2) is 29.4 Å². The van der Waals surface area contributed by atoms with Gasteiger partial charge in [-0.25, -0.2) is 0 Å². The number of carbonyl (C=O) groups is 1. The molecule has 1 unspecified atom stereocenters. The molecule has 3 N–H and O–H groups in total. The molecule has 7 heteroatoms. The molecule has 0 spiro atoms. The highest BCUT2D eigenvalue weighted by atomic mass is 35.5. The van der Waals surface area contributed by atoms with Crippen molar-refractivity contribution < 1.29 is 4.79 Å². The third kappa shape index (κ3) is 3.47. The van der Waals surface area contributed by atoms with Crippen LogP contribution in [-0.2, 0) is 10.3 Å². The van der Waals surface area contributed by atoms with E-state index >= 15 is 0 Å². The van der Waals surface area contributed by atoms with Gasteiger partial charge in [0.05, 0.1) is 0 Å². The van der Waals surface area contributed by atoms with Crippen LogP contribution >= 0.6 is 11.6 Å². The molecule has 0 bridgehead atoms. The van der Waals surface area contributed by atoms with Crippen molar-refractivity contribution in [2.24, 2.45) is 16.8 Å². The largest absolute Gasteiger partial charge is 0.368 e.